The first kappa shape index (κ1) is 21.3. The minimum Gasteiger partial charge on any atom is -0.396 e. The Labute approximate surface area is 184 Å². The van der Waals surface area contributed by atoms with E-state index in [0.717, 1.165) is 34.5 Å². The fraction of sp³-hybridized carbons (Fsp3) is 0.200. The lowest BCUT2D eigenvalue weighted by atomic mass is 9.94. The maximum atomic E-state index is 15.5. The van der Waals surface area contributed by atoms with Crippen LogP contribution < -0.4 is 10.6 Å². The van der Waals surface area contributed by atoms with Gasteiger partial charge in [0.25, 0.3) is 5.91 Å². The quantitative estimate of drug-likeness (QED) is 0.314. The first-order valence-electron chi connectivity index (χ1n) is 10.3. The zero-order valence-electron chi connectivity index (χ0n) is 17.9. The number of primary amides is 1. The van der Waals surface area contributed by atoms with E-state index in [4.69, 9.17) is 5.73 Å². The van der Waals surface area contributed by atoms with Gasteiger partial charge >= 0.3 is 0 Å². The molecule has 162 valence electrons. The summed E-state index contributed by atoms with van der Waals surface area (Å²) in [7, 11) is 1.66. The summed E-state index contributed by atoms with van der Waals surface area (Å²) in [5, 5.41) is 20.0. The molecule has 4 rings (SSSR count). The zero-order chi connectivity index (χ0) is 23.0. The highest BCUT2D eigenvalue weighted by atomic mass is 19.1. The van der Waals surface area contributed by atoms with Crippen molar-refractivity contribution in [3.8, 4) is 17.3 Å². The van der Waals surface area contributed by atoms with Gasteiger partial charge in [0.1, 0.15) is 5.82 Å². The molecule has 0 spiro atoms. The number of nitrogens with one attached hydrogen (secondary N) is 1. The average Bonchev–Trinajstić information content (AvgIpc) is 3.16. The number of aromatic amines is 1. The van der Waals surface area contributed by atoms with Crippen LogP contribution in [0.2, 0.25) is 0 Å². The third-order valence-corrected chi connectivity index (χ3v) is 5.82. The number of fused-ring (bicyclic) bond motifs is 3. The number of nitrogens with zero attached hydrogens (tertiary/aromatic N) is 2. The Morgan fingerprint density at radius 1 is 1.25 bits per heavy atom. The molecule has 1 amide bonds. The summed E-state index contributed by atoms with van der Waals surface area (Å²) in [4.78, 5) is 16.8. The largest absolute Gasteiger partial charge is 0.396 e. The van der Waals surface area contributed by atoms with Gasteiger partial charge in [-0.2, -0.15) is 5.26 Å². The fourth-order valence-electron chi connectivity index (χ4n) is 4.24. The van der Waals surface area contributed by atoms with Gasteiger partial charge in [0.2, 0.25) is 0 Å². The molecule has 0 radical (unpaired) electrons. The lowest BCUT2D eigenvalue weighted by Crippen LogP contribution is -2.12. The van der Waals surface area contributed by atoms with E-state index in [1.165, 1.54) is 4.90 Å². The third-order valence-electron chi connectivity index (χ3n) is 5.82. The van der Waals surface area contributed by atoms with Crippen molar-refractivity contribution in [2.24, 2.45) is 5.73 Å². The lowest BCUT2D eigenvalue weighted by molar-refractivity contribution is 0.100. The van der Waals surface area contributed by atoms with Gasteiger partial charge < -0.3 is 15.8 Å². The highest BCUT2D eigenvalue weighted by Gasteiger charge is 2.22. The van der Waals surface area contributed by atoms with E-state index >= 15 is 4.39 Å². The molecular weight excluding hydrogens is 407 g/mol. The molecule has 3 aromatic carbocycles. The van der Waals surface area contributed by atoms with E-state index < -0.39 is 11.7 Å². The molecule has 0 saturated carbocycles. The first-order chi connectivity index (χ1) is 15.4. The number of hydrogen-bond donors (Lipinski definition) is 3. The Bertz CT molecular complexity index is 1400. The molecule has 32 heavy (non-hydrogen) atoms. The molecule has 0 aliphatic carbocycles. The van der Waals surface area contributed by atoms with Gasteiger partial charge in [-0.25, -0.2) is 4.39 Å². The summed E-state index contributed by atoms with van der Waals surface area (Å²) < 4.78 is 15.5. The van der Waals surface area contributed by atoms with Crippen molar-refractivity contribution in [1.29, 1.82) is 5.26 Å². The highest BCUT2D eigenvalue weighted by molar-refractivity contribution is 6.20. The summed E-state index contributed by atoms with van der Waals surface area (Å²) in [6.07, 6.45) is 3.31. The second-order valence-corrected chi connectivity index (χ2v) is 7.73. The van der Waals surface area contributed by atoms with E-state index in [0.29, 0.717) is 34.1 Å². The second-order valence-electron chi connectivity index (χ2n) is 7.73. The molecule has 0 aliphatic heterocycles. The molecule has 0 atom stereocenters. The van der Waals surface area contributed by atoms with Crippen LogP contribution in [0.15, 0.2) is 42.5 Å². The van der Waals surface area contributed by atoms with Crippen LogP contribution in [0.1, 0.15) is 28.4 Å². The minimum absolute atomic E-state index is 0.0110. The maximum Gasteiger partial charge on any atom is 0.250 e. The predicted octanol–water partition coefficient (Wildman–Crippen LogP) is 4.24. The number of amides is 1. The van der Waals surface area contributed by atoms with Gasteiger partial charge in [0, 0.05) is 35.5 Å². The van der Waals surface area contributed by atoms with Crippen LogP contribution in [0, 0.1) is 17.3 Å². The Morgan fingerprint density at radius 3 is 2.69 bits per heavy atom. The Kier molecular flexibility index (Phi) is 5.56. The van der Waals surface area contributed by atoms with Crippen LogP contribution in [0.4, 0.5) is 10.1 Å². The molecule has 0 fully saturated rings. The smallest absolute Gasteiger partial charge is 0.250 e. The number of aryl methyl sites for hydroxylation is 1. The van der Waals surface area contributed by atoms with Crippen molar-refractivity contribution in [3.05, 3.63) is 65.0 Å². The van der Waals surface area contributed by atoms with Crippen LogP contribution in [0.3, 0.4) is 0 Å². The number of nitriles is 1. The lowest BCUT2D eigenvalue weighted by Gasteiger charge is -2.17. The number of aromatic nitrogens is 1. The number of hydrogen-bond acceptors (Lipinski definition) is 4. The normalized spacial score (nSPS) is 11.1. The monoisotopic (exact) mass is 430 g/mol. The van der Waals surface area contributed by atoms with Crippen molar-refractivity contribution in [2.45, 2.75) is 19.8 Å². The van der Waals surface area contributed by atoms with E-state index in [9.17, 15) is 15.2 Å². The number of rotatable bonds is 6. The van der Waals surface area contributed by atoms with Gasteiger partial charge in [-0.3, -0.25) is 9.69 Å². The second kappa shape index (κ2) is 8.33. The molecule has 6 nitrogen and oxygen atoms in total. The van der Waals surface area contributed by atoms with Crippen molar-refractivity contribution >= 4 is 33.4 Å². The highest BCUT2D eigenvalue weighted by Crippen LogP contribution is 2.40. The van der Waals surface area contributed by atoms with E-state index in [-0.39, 0.29) is 12.2 Å². The number of carbonyl (C=O) groups is 1. The van der Waals surface area contributed by atoms with Crippen LogP contribution in [0.5, 0.6) is 0 Å². The summed E-state index contributed by atoms with van der Waals surface area (Å²) >= 11 is 0. The van der Waals surface area contributed by atoms with E-state index in [1.807, 2.05) is 37.3 Å². The number of halogens is 1. The number of nitrogens with two attached hydrogens (primary N) is 1. The molecule has 0 unspecified atom stereocenters. The van der Waals surface area contributed by atoms with E-state index in [1.54, 1.807) is 13.1 Å². The van der Waals surface area contributed by atoms with Gasteiger partial charge in [-0.05, 0) is 47.7 Å². The van der Waals surface area contributed by atoms with Crippen LogP contribution >= 0.6 is 0 Å². The van der Waals surface area contributed by atoms with Crippen molar-refractivity contribution in [1.82, 2.24) is 4.98 Å². The molecular formula is C25H23FN4O2. The number of carbonyl (C=O) groups excluding carboxylic acids is 1. The Balaban J connectivity index is 2.09. The number of benzene rings is 3. The van der Waals surface area contributed by atoms with Crippen LogP contribution in [-0.2, 0) is 12.8 Å². The van der Waals surface area contributed by atoms with E-state index in [2.05, 4.69) is 11.2 Å². The number of H-pyrrole nitrogens is 1. The van der Waals surface area contributed by atoms with Gasteiger partial charge in [-0.15, -0.1) is 0 Å². The fourth-order valence-corrected chi connectivity index (χ4v) is 4.24. The number of aliphatic hydroxyl groups is 1. The number of aliphatic hydroxyl groups excluding tert-OH is 1. The first-order valence-corrected chi connectivity index (χ1v) is 10.3. The predicted molar refractivity (Wildman–Crippen MR) is 124 cm³/mol. The van der Waals surface area contributed by atoms with Crippen LogP contribution in [-0.4, -0.2) is 29.7 Å². The van der Waals surface area contributed by atoms with Gasteiger partial charge in [0.15, 0.2) is 6.19 Å². The topological polar surface area (TPSA) is 106 Å². The molecule has 0 aliphatic rings. The molecule has 4 N–H and O–H groups in total. The zero-order valence-corrected chi connectivity index (χ0v) is 17.9. The summed E-state index contributed by atoms with van der Waals surface area (Å²) in [5.74, 6) is -1.30. The summed E-state index contributed by atoms with van der Waals surface area (Å²) in [6, 6.07) is 12.3. The van der Waals surface area contributed by atoms with Crippen molar-refractivity contribution in [3.63, 3.8) is 0 Å². The molecule has 4 aromatic rings. The molecule has 1 aromatic heterocycles. The van der Waals surface area contributed by atoms with Gasteiger partial charge in [0.05, 0.1) is 16.8 Å². The SMILES string of the molecule is CCc1ccc(-c2c(F)cc(C(N)=O)c3[nH]c4cc(CCO)ccc4c23)cc1N(C)C#N. The molecule has 1 heterocycles. The summed E-state index contributed by atoms with van der Waals surface area (Å²) in [6.45, 7) is 2.00. The van der Waals surface area contributed by atoms with Crippen molar-refractivity contribution in [2.75, 3.05) is 18.6 Å². The van der Waals surface area contributed by atoms with Crippen LogP contribution in [0.25, 0.3) is 32.9 Å². The Hall–Kier alpha value is -3.89. The van der Waals surface area contributed by atoms with Crippen molar-refractivity contribution < 1.29 is 14.3 Å². The standard InChI is InChI=1S/C25H23FN4O2/c1-3-15-5-6-16(11-21(15)30(2)13-27)22-19(26)12-18(25(28)32)24-23(22)17-7-4-14(8-9-31)10-20(17)29-24/h4-7,10-12,29,31H,3,8-9H2,1-2H3,(H2,28,32). The third kappa shape index (κ3) is 3.45. The summed E-state index contributed by atoms with van der Waals surface area (Å²) in [5.41, 5.74) is 10.3. The molecule has 7 heteroatoms. The molecule has 0 bridgehead atoms. The molecule has 0 saturated heterocycles. The maximum absolute atomic E-state index is 15.5. The van der Waals surface area contributed by atoms with Gasteiger partial charge in [-0.1, -0.05) is 31.2 Å². The minimum atomic E-state index is -0.728. The number of anilines is 1. The average molecular weight is 430 g/mol. The Morgan fingerprint density at radius 2 is 2.03 bits per heavy atom.